The van der Waals surface area contributed by atoms with E-state index in [0.29, 0.717) is 24.5 Å². The molecule has 1 aliphatic carbocycles. The molecule has 0 aromatic heterocycles. The summed E-state index contributed by atoms with van der Waals surface area (Å²) >= 11 is 0. The van der Waals surface area contributed by atoms with Crippen LogP contribution in [0, 0.1) is 5.92 Å². The molecule has 2 fully saturated rings. The van der Waals surface area contributed by atoms with Crippen LogP contribution in [-0.4, -0.2) is 71.7 Å². The summed E-state index contributed by atoms with van der Waals surface area (Å²) in [6.45, 7) is 4.46. The number of carbonyl (C=O) groups excluding carboxylic acids is 2. The molecule has 1 aliphatic heterocycles. The second-order valence-electron chi connectivity index (χ2n) is 10.00. The first-order valence-corrected chi connectivity index (χ1v) is 12.5. The number of hydrogen-bond acceptors (Lipinski definition) is 5. The van der Waals surface area contributed by atoms with Crippen LogP contribution in [0.4, 0.5) is 4.79 Å². The van der Waals surface area contributed by atoms with E-state index in [0.717, 1.165) is 37.7 Å². The number of rotatable bonds is 9. The molecule has 0 unspecified atom stereocenters. The van der Waals surface area contributed by atoms with Gasteiger partial charge in [-0.25, -0.2) is 4.79 Å². The predicted molar refractivity (Wildman–Crippen MR) is 131 cm³/mol. The SMILES string of the molecule is COc1ccc(CN2C[C@@H](CC(=O)O)N(C(=O)NC3CCCCC3)[C@@H](CC(C)C)C2=O)cc1OC. The van der Waals surface area contributed by atoms with Crippen molar-refractivity contribution in [2.24, 2.45) is 5.92 Å². The minimum absolute atomic E-state index is 0.0707. The van der Waals surface area contributed by atoms with Gasteiger partial charge in [-0.3, -0.25) is 9.59 Å². The molecule has 1 saturated carbocycles. The highest BCUT2D eigenvalue weighted by Gasteiger charge is 2.44. The molecule has 2 N–H and O–H groups in total. The van der Waals surface area contributed by atoms with Gasteiger partial charge in [-0.05, 0) is 42.9 Å². The number of aliphatic carboxylic acids is 1. The van der Waals surface area contributed by atoms with Gasteiger partial charge in [0, 0.05) is 19.1 Å². The number of nitrogens with zero attached hydrogens (tertiary/aromatic N) is 2. The summed E-state index contributed by atoms with van der Waals surface area (Å²) in [7, 11) is 3.11. The molecule has 1 heterocycles. The molecule has 0 radical (unpaired) electrons. The van der Waals surface area contributed by atoms with E-state index >= 15 is 0 Å². The Hall–Kier alpha value is -2.97. The van der Waals surface area contributed by atoms with Crippen LogP contribution in [0.15, 0.2) is 18.2 Å². The number of urea groups is 1. The van der Waals surface area contributed by atoms with E-state index in [1.807, 2.05) is 26.0 Å². The average molecular weight is 490 g/mol. The zero-order valence-corrected chi connectivity index (χ0v) is 21.3. The van der Waals surface area contributed by atoms with E-state index in [9.17, 15) is 19.5 Å². The largest absolute Gasteiger partial charge is 0.493 e. The third kappa shape index (κ3) is 6.80. The van der Waals surface area contributed by atoms with Gasteiger partial charge in [-0.15, -0.1) is 0 Å². The molecule has 2 aliphatic rings. The Kier molecular flexibility index (Phi) is 9.23. The van der Waals surface area contributed by atoms with Gasteiger partial charge < -0.3 is 29.7 Å². The van der Waals surface area contributed by atoms with Crippen molar-refractivity contribution in [3.8, 4) is 11.5 Å². The maximum absolute atomic E-state index is 13.7. The van der Waals surface area contributed by atoms with Crippen molar-refractivity contribution in [1.82, 2.24) is 15.1 Å². The summed E-state index contributed by atoms with van der Waals surface area (Å²) in [6.07, 6.45) is 5.37. The van der Waals surface area contributed by atoms with E-state index in [4.69, 9.17) is 9.47 Å². The van der Waals surface area contributed by atoms with Crippen molar-refractivity contribution in [3.63, 3.8) is 0 Å². The number of hydrogen-bond donors (Lipinski definition) is 2. The molecule has 1 saturated heterocycles. The maximum Gasteiger partial charge on any atom is 0.318 e. The third-order valence-corrected chi connectivity index (χ3v) is 6.85. The van der Waals surface area contributed by atoms with Gasteiger partial charge in [-0.2, -0.15) is 0 Å². The van der Waals surface area contributed by atoms with E-state index in [2.05, 4.69) is 5.32 Å². The number of piperazine rings is 1. The number of carboxylic acids is 1. The second kappa shape index (κ2) is 12.1. The minimum Gasteiger partial charge on any atom is -0.493 e. The van der Waals surface area contributed by atoms with E-state index in [1.54, 1.807) is 25.2 Å². The van der Waals surface area contributed by atoms with Gasteiger partial charge in [0.25, 0.3) is 0 Å². The number of ether oxygens (including phenoxy) is 2. The monoisotopic (exact) mass is 489 g/mol. The fraction of sp³-hybridized carbons (Fsp3) is 0.654. The van der Waals surface area contributed by atoms with E-state index < -0.39 is 18.1 Å². The van der Waals surface area contributed by atoms with Gasteiger partial charge >= 0.3 is 12.0 Å². The Bertz CT molecular complexity index is 899. The number of amides is 3. The Morgan fingerprint density at radius 3 is 2.40 bits per heavy atom. The molecule has 9 heteroatoms. The van der Waals surface area contributed by atoms with Crippen molar-refractivity contribution in [3.05, 3.63) is 23.8 Å². The van der Waals surface area contributed by atoms with Gasteiger partial charge in [0.1, 0.15) is 6.04 Å². The molecule has 0 spiro atoms. The number of methoxy groups -OCH3 is 2. The van der Waals surface area contributed by atoms with Crippen molar-refractivity contribution in [2.75, 3.05) is 20.8 Å². The van der Waals surface area contributed by atoms with Gasteiger partial charge in [0.15, 0.2) is 11.5 Å². The molecule has 9 nitrogen and oxygen atoms in total. The second-order valence-corrected chi connectivity index (χ2v) is 10.00. The third-order valence-electron chi connectivity index (χ3n) is 6.85. The predicted octanol–water partition coefficient (Wildman–Crippen LogP) is 3.65. The lowest BCUT2D eigenvalue weighted by Crippen LogP contribution is -2.66. The van der Waals surface area contributed by atoms with E-state index in [-0.39, 0.29) is 36.9 Å². The Labute approximate surface area is 207 Å². The van der Waals surface area contributed by atoms with Crippen LogP contribution in [0.2, 0.25) is 0 Å². The Morgan fingerprint density at radius 1 is 1.11 bits per heavy atom. The van der Waals surface area contributed by atoms with Crippen LogP contribution in [0.3, 0.4) is 0 Å². The van der Waals surface area contributed by atoms with Crippen molar-refractivity contribution >= 4 is 17.9 Å². The Morgan fingerprint density at radius 2 is 1.80 bits per heavy atom. The van der Waals surface area contributed by atoms with Gasteiger partial charge in [-0.1, -0.05) is 39.2 Å². The number of carbonyl (C=O) groups is 3. The lowest BCUT2D eigenvalue weighted by atomic mass is 9.94. The van der Waals surface area contributed by atoms with Gasteiger partial charge in [0.05, 0.1) is 26.7 Å². The zero-order chi connectivity index (χ0) is 25.5. The van der Waals surface area contributed by atoms with Crippen LogP contribution in [0.5, 0.6) is 11.5 Å². The molecule has 3 amide bonds. The quantitative estimate of drug-likeness (QED) is 0.548. The van der Waals surface area contributed by atoms with Crippen LogP contribution in [0.25, 0.3) is 0 Å². The average Bonchev–Trinajstić information content (AvgIpc) is 2.81. The highest BCUT2D eigenvalue weighted by molar-refractivity contribution is 5.89. The highest BCUT2D eigenvalue weighted by Crippen LogP contribution is 2.30. The summed E-state index contributed by atoms with van der Waals surface area (Å²) in [5.41, 5.74) is 0.841. The number of carboxylic acid groups (broad SMARTS) is 1. The molecule has 35 heavy (non-hydrogen) atoms. The van der Waals surface area contributed by atoms with Crippen LogP contribution in [0.1, 0.15) is 64.4 Å². The summed E-state index contributed by atoms with van der Waals surface area (Å²) in [4.78, 5) is 42.1. The topological polar surface area (TPSA) is 108 Å². The maximum atomic E-state index is 13.7. The standard InChI is InChI=1S/C26H39N3O6/c1-17(2)12-21-25(32)28(15-18-10-11-22(34-3)23(13-18)35-4)16-20(14-24(30)31)29(21)26(33)27-19-8-6-5-7-9-19/h10-11,13,17,19-21H,5-9,12,14-16H2,1-4H3,(H,27,33)(H,30,31)/t20-,21+/m1/s1. The molecule has 2 atom stereocenters. The molecular formula is C26H39N3O6. The molecule has 0 bridgehead atoms. The number of benzene rings is 1. The fourth-order valence-electron chi connectivity index (χ4n) is 5.19. The molecular weight excluding hydrogens is 450 g/mol. The van der Waals surface area contributed by atoms with Crippen molar-refractivity contribution in [1.29, 1.82) is 0 Å². The molecule has 1 aromatic rings. The molecule has 1 aromatic carbocycles. The van der Waals surface area contributed by atoms with Crippen molar-refractivity contribution < 1.29 is 29.0 Å². The lowest BCUT2D eigenvalue weighted by Gasteiger charge is -2.46. The summed E-state index contributed by atoms with van der Waals surface area (Å²) in [6, 6.07) is 3.88. The first kappa shape index (κ1) is 26.6. The highest BCUT2D eigenvalue weighted by atomic mass is 16.5. The van der Waals surface area contributed by atoms with Crippen LogP contribution < -0.4 is 14.8 Å². The minimum atomic E-state index is -0.992. The summed E-state index contributed by atoms with van der Waals surface area (Å²) < 4.78 is 10.7. The fourth-order valence-corrected chi connectivity index (χ4v) is 5.19. The lowest BCUT2D eigenvalue weighted by molar-refractivity contribution is -0.148. The summed E-state index contributed by atoms with van der Waals surface area (Å²) in [5.74, 6) is 0.153. The Balaban J connectivity index is 1.87. The van der Waals surface area contributed by atoms with Crippen molar-refractivity contribution in [2.45, 2.75) is 83.5 Å². The first-order valence-electron chi connectivity index (χ1n) is 12.5. The van der Waals surface area contributed by atoms with Crippen LogP contribution in [-0.2, 0) is 16.1 Å². The normalized spacial score (nSPS) is 21.2. The number of nitrogens with one attached hydrogen (secondary N) is 1. The zero-order valence-electron chi connectivity index (χ0n) is 21.3. The molecule has 194 valence electrons. The smallest absolute Gasteiger partial charge is 0.318 e. The first-order chi connectivity index (χ1) is 16.7. The van der Waals surface area contributed by atoms with Gasteiger partial charge in [0.2, 0.25) is 5.91 Å². The molecule has 3 rings (SSSR count). The summed E-state index contributed by atoms with van der Waals surface area (Å²) in [5, 5.41) is 12.7. The van der Waals surface area contributed by atoms with Crippen LogP contribution >= 0.6 is 0 Å². The van der Waals surface area contributed by atoms with E-state index in [1.165, 1.54) is 4.90 Å².